The second-order valence-electron chi connectivity index (χ2n) is 9.43. The fraction of sp³-hybridized carbons (Fsp3) is 0.0811. The van der Waals surface area contributed by atoms with Crippen molar-refractivity contribution in [1.82, 2.24) is 0 Å². The average molecular weight is 492 g/mol. The molecule has 0 spiro atoms. The highest BCUT2D eigenvalue weighted by Gasteiger charge is 2.12. The molecular formula is C37H33N. The number of aryl methyl sites for hydroxylation is 1. The summed E-state index contributed by atoms with van der Waals surface area (Å²) in [5.74, 6) is 0.334. The van der Waals surface area contributed by atoms with Crippen molar-refractivity contribution in [2.75, 3.05) is 7.05 Å². The predicted octanol–water partition coefficient (Wildman–Crippen LogP) is 9.59. The third-order valence-electron chi connectivity index (χ3n) is 7.05. The van der Waals surface area contributed by atoms with Crippen LogP contribution in [0, 0.1) is 6.92 Å². The highest BCUT2D eigenvalue weighted by molar-refractivity contribution is 6.25. The maximum absolute atomic E-state index is 4.50. The van der Waals surface area contributed by atoms with Crippen LogP contribution in [0.1, 0.15) is 17.0 Å². The molecule has 0 bridgehead atoms. The van der Waals surface area contributed by atoms with E-state index in [1.165, 1.54) is 61.6 Å². The lowest BCUT2D eigenvalue weighted by molar-refractivity contribution is 1.09. The minimum atomic E-state index is 0.334. The van der Waals surface area contributed by atoms with E-state index >= 15 is 0 Å². The highest BCUT2D eigenvalue weighted by atomic mass is 14.4. The molecule has 0 amide bonds. The Labute approximate surface area is 225 Å². The first-order valence-corrected chi connectivity index (χ1v) is 13.2. The Kier molecular flexibility index (Phi) is 7.78. The largest absolute Gasteiger partial charge is 0.333 e. The van der Waals surface area contributed by atoms with Gasteiger partial charge in [0.15, 0.2) is 0 Å². The average Bonchev–Trinajstić information content (AvgIpc) is 3.28. The van der Waals surface area contributed by atoms with Crippen molar-refractivity contribution in [3.63, 3.8) is 0 Å². The van der Waals surface area contributed by atoms with Crippen molar-refractivity contribution in [3.8, 4) is 11.1 Å². The second-order valence-corrected chi connectivity index (χ2v) is 9.43. The van der Waals surface area contributed by atoms with Crippen LogP contribution in [0.4, 0.5) is 0 Å². The van der Waals surface area contributed by atoms with Crippen LogP contribution in [0.5, 0.6) is 0 Å². The van der Waals surface area contributed by atoms with E-state index in [-0.39, 0.29) is 0 Å². The number of nitrogens with two attached hydrogens (primary N) is 1. The maximum atomic E-state index is 4.50. The van der Waals surface area contributed by atoms with Gasteiger partial charge in [-0.25, -0.2) is 0 Å². The third-order valence-corrected chi connectivity index (χ3v) is 7.05. The lowest BCUT2D eigenvalue weighted by Crippen LogP contribution is -1.91. The summed E-state index contributed by atoms with van der Waals surface area (Å²) >= 11 is 0. The van der Waals surface area contributed by atoms with Gasteiger partial charge in [-0.2, -0.15) is 0 Å². The summed E-state index contributed by atoms with van der Waals surface area (Å²) in [4.78, 5) is 0. The molecular weight excluding hydrogens is 458 g/mol. The summed E-state index contributed by atoms with van der Waals surface area (Å²) in [7, 11) is 1.50. The maximum Gasteiger partial charge on any atom is 0.0204 e. The van der Waals surface area contributed by atoms with Crippen molar-refractivity contribution in [2.45, 2.75) is 12.8 Å². The first-order valence-electron chi connectivity index (χ1n) is 13.2. The summed E-state index contributed by atoms with van der Waals surface area (Å²) in [6.45, 7) is 2.08. The number of hydrogen-bond acceptors (Lipinski definition) is 1. The van der Waals surface area contributed by atoms with Crippen LogP contribution < -0.4 is 5.73 Å². The van der Waals surface area contributed by atoms with Gasteiger partial charge in [-0.1, -0.05) is 151 Å². The molecule has 6 aromatic carbocycles. The first-order chi connectivity index (χ1) is 18.8. The van der Waals surface area contributed by atoms with Gasteiger partial charge in [0.25, 0.3) is 0 Å². The zero-order valence-electron chi connectivity index (χ0n) is 22.0. The quantitative estimate of drug-likeness (QED) is 0.240. The fourth-order valence-corrected chi connectivity index (χ4v) is 5.19. The van der Waals surface area contributed by atoms with E-state index < -0.39 is 0 Å². The van der Waals surface area contributed by atoms with Gasteiger partial charge in [0, 0.05) is 5.92 Å². The van der Waals surface area contributed by atoms with Gasteiger partial charge < -0.3 is 5.73 Å². The van der Waals surface area contributed by atoms with Crippen molar-refractivity contribution in [1.29, 1.82) is 0 Å². The van der Waals surface area contributed by atoms with Crippen LogP contribution in [0.15, 0.2) is 146 Å². The summed E-state index contributed by atoms with van der Waals surface area (Å²) in [6.07, 6.45) is 12.9. The Morgan fingerprint density at radius 2 is 1.08 bits per heavy atom. The fourth-order valence-electron chi connectivity index (χ4n) is 5.19. The van der Waals surface area contributed by atoms with Crippen molar-refractivity contribution >= 4 is 32.3 Å². The van der Waals surface area contributed by atoms with Gasteiger partial charge in [-0.15, -0.1) is 0 Å². The monoisotopic (exact) mass is 491 g/mol. The van der Waals surface area contributed by atoms with Crippen LogP contribution in [0.2, 0.25) is 0 Å². The highest BCUT2D eigenvalue weighted by Crippen LogP contribution is 2.39. The van der Waals surface area contributed by atoms with Crippen molar-refractivity contribution < 1.29 is 0 Å². The van der Waals surface area contributed by atoms with Gasteiger partial charge in [-0.3, -0.25) is 0 Å². The van der Waals surface area contributed by atoms with E-state index in [1.807, 2.05) is 18.2 Å². The van der Waals surface area contributed by atoms with E-state index in [1.54, 1.807) is 0 Å². The summed E-state index contributed by atoms with van der Waals surface area (Å²) in [5.41, 5.74) is 9.72. The summed E-state index contributed by atoms with van der Waals surface area (Å²) in [6, 6.07) is 39.5. The molecule has 1 nitrogen and oxygen atoms in total. The minimum absolute atomic E-state index is 0.334. The molecule has 6 aromatic rings. The summed E-state index contributed by atoms with van der Waals surface area (Å²) < 4.78 is 0. The second kappa shape index (κ2) is 11.7. The van der Waals surface area contributed by atoms with E-state index in [4.69, 9.17) is 0 Å². The Morgan fingerprint density at radius 1 is 0.500 bits per heavy atom. The van der Waals surface area contributed by atoms with Crippen molar-refractivity contribution in [2.24, 2.45) is 5.73 Å². The Morgan fingerprint density at radius 3 is 1.68 bits per heavy atom. The minimum Gasteiger partial charge on any atom is -0.333 e. The van der Waals surface area contributed by atoms with Gasteiger partial charge in [0.1, 0.15) is 0 Å². The molecule has 1 aliphatic rings. The van der Waals surface area contributed by atoms with Gasteiger partial charge in [-0.05, 0) is 63.0 Å². The molecule has 0 aliphatic heterocycles. The Bertz CT molecular complexity index is 1690. The van der Waals surface area contributed by atoms with Crippen molar-refractivity contribution in [3.05, 3.63) is 157 Å². The predicted molar refractivity (Wildman–Crippen MR) is 167 cm³/mol. The molecule has 7 rings (SSSR count). The van der Waals surface area contributed by atoms with E-state index in [0.29, 0.717) is 5.92 Å². The number of allylic oxidation sites excluding steroid dienone is 6. The number of hydrogen-bond donors (Lipinski definition) is 1. The van der Waals surface area contributed by atoms with Crippen LogP contribution in [-0.2, 0) is 0 Å². The number of benzene rings is 6. The molecule has 1 heteroatoms. The molecule has 0 saturated heterocycles. The molecule has 0 aromatic heterocycles. The van der Waals surface area contributed by atoms with Gasteiger partial charge in [0.05, 0.1) is 0 Å². The standard InChI is InChI=1S/C29H20.C7H8.CH5N/c1-2-4-7-20(6-3-1)21-10-12-22(13-11-21)26-18-16-25-15-14-23-8-5-9-24-17-19-27(26)29(25)28(23)24;1-7-5-3-2-4-6-7;1-2/h1-20H;2-6H,1H3;2H2,1H3. The Balaban J connectivity index is 0.000000282. The SMILES string of the molecule is C1=CC=CC(c2ccc(-c3ccc4ccc5cccc6ccc3c4c56)cc2)C=C1.CN.Cc1ccccc1. The first kappa shape index (κ1) is 25.2. The molecule has 0 unspecified atom stereocenters. The summed E-state index contributed by atoms with van der Waals surface area (Å²) in [5, 5.41) is 8.02. The molecule has 0 atom stereocenters. The smallest absolute Gasteiger partial charge is 0.0204 e. The topological polar surface area (TPSA) is 26.0 Å². The number of rotatable bonds is 2. The lowest BCUT2D eigenvalue weighted by atomic mass is 9.89. The molecule has 0 saturated carbocycles. The molecule has 2 N–H and O–H groups in total. The van der Waals surface area contributed by atoms with Crippen LogP contribution in [0.25, 0.3) is 43.4 Å². The van der Waals surface area contributed by atoms with E-state index in [9.17, 15) is 0 Å². The Hall–Kier alpha value is -4.46. The molecule has 1 aliphatic carbocycles. The van der Waals surface area contributed by atoms with Crippen LogP contribution in [0.3, 0.4) is 0 Å². The van der Waals surface area contributed by atoms with Gasteiger partial charge >= 0.3 is 0 Å². The lowest BCUT2D eigenvalue weighted by Gasteiger charge is -2.15. The normalized spacial score (nSPS) is 12.7. The van der Waals surface area contributed by atoms with Gasteiger partial charge in [0.2, 0.25) is 0 Å². The van der Waals surface area contributed by atoms with E-state index in [0.717, 1.165) is 0 Å². The molecule has 38 heavy (non-hydrogen) atoms. The van der Waals surface area contributed by atoms with Crippen LogP contribution >= 0.6 is 0 Å². The van der Waals surface area contributed by atoms with E-state index in [2.05, 4.69) is 140 Å². The molecule has 186 valence electrons. The third kappa shape index (κ3) is 5.16. The molecule has 0 heterocycles. The zero-order valence-corrected chi connectivity index (χ0v) is 22.0. The molecule has 0 fully saturated rings. The zero-order chi connectivity index (χ0) is 26.3. The van der Waals surface area contributed by atoms with Crippen LogP contribution in [-0.4, -0.2) is 7.05 Å². The molecule has 0 radical (unpaired) electrons.